The summed E-state index contributed by atoms with van der Waals surface area (Å²) in [6.45, 7) is 3.90. The molecule has 0 aliphatic rings. The molecule has 0 aliphatic carbocycles. The van der Waals surface area contributed by atoms with Crippen LogP contribution in [0.2, 0.25) is 0 Å². The number of halogens is 1. The van der Waals surface area contributed by atoms with Crippen molar-refractivity contribution in [3.8, 4) is 11.5 Å². The number of carbonyl (C=O) groups excluding carboxylic acids is 2. The van der Waals surface area contributed by atoms with Crippen molar-refractivity contribution in [2.75, 3.05) is 13.7 Å². The van der Waals surface area contributed by atoms with Gasteiger partial charge in [0.05, 0.1) is 13.7 Å². The quantitative estimate of drug-likeness (QED) is 0.816. The van der Waals surface area contributed by atoms with E-state index in [2.05, 4.69) is 10.9 Å². The van der Waals surface area contributed by atoms with Crippen molar-refractivity contribution in [3.63, 3.8) is 0 Å². The van der Waals surface area contributed by atoms with Crippen molar-refractivity contribution in [1.82, 2.24) is 10.9 Å². The molecule has 0 fully saturated rings. The Morgan fingerprint density at radius 2 is 1.60 bits per heavy atom. The lowest BCUT2D eigenvalue weighted by atomic mass is 10.1. The number of methoxy groups -OCH3 is 1. The van der Waals surface area contributed by atoms with Gasteiger partial charge in [0.2, 0.25) is 0 Å². The molecule has 0 radical (unpaired) electrons. The first kappa shape index (κ1) is 18.3. The topological polar surface area (TPSA) is 76.7 Å². The maximum absolute atomic E-state index is 13.5. The normalized spacial score (nSPS) is 10.1. The van der Waals surface area contributed by atoms with Crippen LogP contribution in [-0.2, 0) is 0 Å². The molecule has 2 rings (SSSR count). The Hall–Kier alpha value is -3.09. The van der Waals surface area contributed by atoms with Crippen molar-refractivity contribution in [2.45, 2.75) is 13.8 Å². The number of hydrogen-bond acceptors (Lipinski definition) is 4. The highest BCUT2D eigenvalue weighted by atomic mass is 19.1. The first-order valence-electron chi connectivity index (χ1n) is 7.64. The van der Waals surface area contributed by atoms with Gasteiger partial charge < -0.3 is 9.47 Å². The summed E-state index contributed by atoms with van der Waals surface area (Å²) in [7, 11) is 1.47. The van der Waals surface area contributed by atoms with Crippen LogP contribution in [0.5, 0.6) is 11.5 Å². The summed E-state index contributed by atoms with van der Waals surface area (Å²) in [4.78, 5) is 24.1. The summed E-state index contributed by atoms with van der Waals surface area (Å²) < 4.78 is 24.0. The predicted octanol–water partition coefficient (Wildman–Crippen LogP) is 2.62. The maximum atomic E-state index is 13.5. The zero-order valence-electron chi connectivity index (χ0n) is 14.2. The largest absolute Gasteiger partial charge is 0.493 e. The van der Waals surface area contributed by atoms with Gasteiger partial charge in [0.1, 0.15) is 5.82 Å². The Labute approximate surface area is 144 Å². The molecule has 0 spiro atoms. The van der Waals surface area contributed by atoms with Crippen LogP contribution in [0.1, 0.15) is 33.2 Å². The zero-order chi connectivity index (χ0) is 18.4. The van der Waals surface area contributed by atoms with Crippen LogP contribution >= 0.6 is 0 Å². The predicted molar refractivity (Wildman–Crippen MR) is 90.2 cm³/mol. The standard InChI is InChI=1S/C18H19FN2O4/c1-4-25-15-8-7-13(10-16(15)24-3)18(23)21-20-17(22)12-6-5-11(2)14(19)9-12/h5-10H,4H2,1-3H3,(H,20,22)(H,21,23). The molecule has 0 bridgehead atoms. The third-order valence-electron chi connectivity index (χ3n) is 3.45. The van der Waals surface area contributed by atoms with Gasteiger partial charge in [-0.1, -0.05) is 6.07 Å². The van der Waals surface area contributed by atoms with Gasteiger partial charge >= 0.3 is 0 Å². The van der Waals surface area contributed by atoms with Gasteiger partial charge in [0.25, 0.3) is 11.8 Å². The van der Waals surface area contributed by atoms with E-state index in [1.54, 1.807) is 19.1 Å². The summed E-state index contributed by atoms with van der Waals surface area (Å²) in [6, 6.07) is 8.72. The lowest BCUT2D eigenvalue weighted by molar-refractivity contribution is 0.0846. The molecule has 0 aliphatic heterocycles. The van der Waals surface area contributed by atoms with Crippen LogP contribution in [0, 0.1) is 12.7 Å². The number of ether oxygens (including phenoxy) is 2. The van der Waals surface area contributed by atoms with E-state index in [0.717, 1.165) is 6.07 Å². The lowest BCUT2D eigenvalue weighted by Crippen LogP contribution is -2.41. The molecule has 132 valence electrons. The Morgan fingerprint density at radius 3 is 2.16 bits per heavy atom. The Morgan fingerprint density at radius 1 is 1.00 bits per heavy atom. The summed E-state index contributed by atoms with van der Waals surface area (Å²) in [5, 5.41) is 0. The molecule has 2 amide bonds. The third-order valence-corrected chi connectivity index (χ3v) is 3.45. The number of rotatable bonds is 5. The molecule has 7 heteroatoms. The Kier molecular flexibility index (Phi) is 5.94. The van der Waals surface area contributed by atoms with E-state index in [-0.39, 0.29) is 11.1 Å². The van der Waals surface area contributed by atoms with Crippen LogP contribution in [0.25, 0.3) is 0 Å². The summed E-state index contributed by atoms with van der Waals surface area (Å²) >= 11 is 0. The van der Waals surface area contributed by atoms with Gasteiger partial charge in [0.15, 0.2) is 11.5 Å². The fourth-order valence-electron chi connectivity index (χ4n) is 2.08. The minimum absolute atomic E-state index is 0.104. The smallest absolute Gasteiger partial charge is 0.269 e. The van der Waals surface area contributed by atoms with E-state index in [1.165, 1.54) is 25.3 Å². The van der Waals surface area contributed by atoms with Gasteiger partial charge in [-0.15, -0.1) is 0 Å². The average Bonchev–Trinajstić information content (AvgIpc) is 2.62. The highest BCUT2D eigenvalue weighted by Crippen LogP contribution is 2.27. The van der Waals surface area contributed by atoms with Crippen LogP contribution in [0.3, 0.4) is 0 Å². The molecule has 2 aromatic rings. The summed E-state index contributed by atoms with van der Waals surface area (Å²) in [6.07, 6.45) is 0. The first-order valence-corrected chi connectivity index (χ1v) is 7.64. The van der Waals surface area contributed by atoms with Crippen LogP contribution in [-0.4, -0.2) is 25.5 Å². The average molecular weight is 346 g/mol. The molecule has 0 unspecified atom stereocenters. The molecule has 0 saturated heterocycles. The van der Waals surface area contributed by atoms with Crippen molar-refractivity contribution in [3.05, 3.63) is 58.9 Å². The number of amides is 2. The van der Waals surface area contributed by atoms with Gasteiger partial charge in [-0.3, -0.25) is 20.4 Å². The molecule has 2 N–H and O–H groups in total. The second-order valence-corrected chi connectivity index (χ2v) is 5.17. The number of hydrazine groups is 1. The highest BCUT2D eigenvalue weighted by Gasteiger charge is 2.13. The monoisotopic (exact) mass is 346 g/mol. The highest BCUT2D eigenvalue weighted by molar-refractivity contribution is 5.99. The minimum Gasteiger partial charge on any atom is -0.493 e. The number of hydrogen-bond donors (Lipinski definition) is 2. The minimum atomic E-state index is -0.620. The van der Waals surface area contributed by atoms with Gasteiger partial charge in [-0.2, -0.15) is 0 Å². The molecule has 0 atom stereocenters. The van der Waals surface area contributed by atoms with E-state index in [4.69, 9.17) is 9.47 Å². The van der Waals surface area contributed by atoms with Crippen LogP contribution in [0.4, 0.5) is 4.39 Å². The molecule has 0 heterocycles. The second kappa shape index (κ2) is 8.14. The van der Waals surface area contributed by atoms with Gasteiger partial charge in [-0.25, -0.2) is 4.39 Å². The fourth-order valence-corrected chi connectivity index (χ4v) is 2.08. The van der Waals surface area contributed by atoms with E-state index in [0.29, 0.717) is 23.7 Å². The van der Waals surface area contributed by atoms with Crippen molar-refractivity contribution < 1.29 is 23.5 Å². The number of benzene rings is 2. The number of carbonyl (C=O) groups is 2. The Bertz CT molecular complexity index is 793. The SMILES string of the molecule is CCOc1ccc(C(=O)NNC(=O)c2ccc(C)c(F)c2)cc1OC. The molecule has 25 heavy (non-hydrogen) atoms. The van der Waals surface area contributed by atoms with Gasteiger partial charge in [-0.05, 0) is 49.7 Å². The molecule has 0 saturated carbocycles. The van der Waals surface area contributed by atoms with E-state index >= 15 is 0 Å². The zero-order valence-corrected chi connectivity index (χ0v) is 14.2. The number of aryl methyl sites for hydroxylation is 1. The Balaban J connectivity index is 2.04. The van der Waals surface area contributed by atoms with Crippen LogP contribution in [0.15, 0.2) is 36.4 Å². The molecular weight excluding hydrogens is 327 g/mol. The maximum Gasteiger partial charge on any atom is 0.269 e. The molecule has 2 aromatic carbocycles. The van der Waals surface area contributed by atoms with E-state index in [9.17, 15) is 14.0 Å². The first-order chi connectivity index (χ1) is 12.0. The van der Waals surface area contributed by atoms with E-state index in [1.807, 2.05) is 6.92 Å². The fraction of sp³-hybridized carbons (Fsp3) is 0.222. The van der Waals surface area contributed by atoms with E-state index < -0.39 is 17.6 Å². The van der Waals surface area contributed by atoms with Crippen molar-refractivity contribution in [2.24, 2.45) is 0 Å². The number of nitrogens with one attached hydrogen (secondary N) is 2. The second-order valence-electron chi connectivity index (χ2n) is 5.17. The lowest BCUT2D eigenvalue weighted by Gasteiger charge is -2.12. The van der Waals surface area contributed by atoms with Crippen molar-refractivity contribution >= 4 is 11.8 Å². The molecule has 0 aromatic heterocycles. The molecular formula is C18H19FN2O4. The van der Waals surface area contributed by atoms with Crippen LogP contribution < -0.4 is 20.3 Å². The van der Waals surface area contributed by atoms with Crippen molar-refractivity contribution in [1.29, 1.82) is 0 Å². The van der Waals surface area contributed by atoms with Gasteiger partial charge in [0, 0.05) is 11.1 Å². The molecule has 6 nitrogen and oxygen atoms in total. The third kappa shape index (κ3) is 4.47. The summed E-state index contributed by atoms with van der Waals surface area (Å²) in [5.74, 6) is -0.732. The summed E-state index contributed by atoms with van der Waals surface area (Å²) in [5.41, 5.74) is 5.33.